The molecule has 0 saturated carbocycles. The lowest BCUT2D eigenvalue weighted by molar-refractivity contribution is -0.141. The summed E-state index contributed by atoms with van der Waals surface area (Å²) < 4.78 is 4.01. The molecule has 1 heterocycles. The van der Waals surface area contributed by atoms with Crippen molar-refractivity contribution >= 4 is 22.6 Å². The highest BCUT2D eigenvalue weighted by atomic mass is 32.1. The largest absolute Gasteiger partial charge is 0.481 e. The number of aliphatic carboxylic acids is 1. The molecule has 0 aromatic carbocycles. The van der Waals surface area contributed by atoms with Crippen molar-refractivity contribution in [1.82, 2.24) is 9.36 Å². The maximum Gasteiger partial charge on any atom is 0.308 e. The van der Waals surface area contributed by atoms with Crippen LogP contribution in [0, 0.1) is 12.8 Å². The summed E-state index contributed by atoms with van der Waals surface area (Å²) in [6, 6.07) is 0. The smallest absolute Gasteiger partial charge is 0.308 e. The predicted octanol–water partition coefficient (Wildman–Crippen LogP) is 1.76. The molecule has 1 unspecified atom stereocenters. The Bertz CT molecular complexity index is 327. The maximum atomic E-state index is 10.8. The quantitative estimate of drug-likeness (QED) is 0.777. The Morgan fingerprint density at radius 3 is 2.87 bits per heavy atom. The Kier molecular flexibility index (Phi) is 4.48. The Morgan fingerprint density at radius 1 is 1.67 bits per heavy atom. The van der Waals surface area contributed by atoms with E-state index in [2.05, 4.69) is 14.7 Å². The Morgan fingerprint density at radius 2 is 2.40 bits per heavy atom. The zero-order chi connectivity index (χ0) is 11.3. The van der Waals surface area contributed by atoms with Crippen LogP contribution in [-0.2, 0) is 4.79 Å². The standard InChI is InChI=1S/C9H15N3O2S/c1-3-4-7(8(13)14)5-10-9-11-6(2)12-15-9/h7H,3-5H2,1-2H3,(H,13,14)(H,10,11,12). The van der Waals surface area contributed by atoms with Gasteiger partial charge in [0.2, 0.25) is 5.13 Å². The van der Waals surface area contributed by atoms with Crippen molar-refractivity contribution in [2.24, 2.45) is 5.92 Å². The molecule has 6 heteroatoms. The number of carboxylic acid groups (broad SMARTS) is 1. The van der Waals surface area contributed by atoms with Crippen LogP contribution in [0.1, 0.15) is 25.6 Å². The van der Waals surface area contributed by atoms with Crippen LogP contribution in [0.2, 0.25) is 0 Å². The number of nitrogens with zero attached hydrogens (tertiary/aromatic N) is 2. The van der Waals surface area contributed by atoms with E-state index in [0.29, 0.717) is 23.9 Å². The molecule has 0 spiro atoms. The Balaban J connectivity index is 2.43. The summed E-state index contributed by atoms with van der Waals surface area (Å²) in [5, 5.41) is 12.6. The number of nitrogens with one attached hydrogen (secondary N) is 1. The van der Waals surface area contributed by atoms with Crippen molar-refractivity contribution in [2.75, 3.05) is 11.9 Å². The number of aryl methyl sites for hydroxylation is 1. The van der Waals surface area contributed by atoms with Gasteiger partial charge in [0.25, 0.3) is 0 Å². The van der Waals surface area contributed by atoms with Crippen LogP contribution in [0.15, 0.2) is 0 Å². The van der Waals surface area contributed by atoms with Crippen molar-refractivity contribution < 1.29 is 9.90 Å². The number of hydrogen-bond acceptors (Lipinski definition) is 5. The molecule has 15 heavy (non-hydrogen) atoms. The molecule has 0 aliphatic rings. The minimum Gasteiger partial charge on any atom is -0.481 e. The van der Waals surface area contributed by atoms with E-state index in [4.69, 9.17) is 5.11 Å². The van der Waals surface area contributed by atoms with Crippen LogP contribution in [-0.4, -0.2) is 27.0 Å². The fourth-order valence-electron chi connectivity index (χ4n) is 1.24. The molecule has 1 rings (SSSR count). The van der Waals surface area contributed by atoms with Crippen LogP contribution in [0.3, 0.4) is 0 Å². The lowest BCUT2D eigenvalue weighted by Gasteiger charge is -2.10. The number of carboxylic acids is 1. The van der Waals surface area contributed by atoms with E-state index < -0.39 is 5.97 Å². The lowest BCUT2D eigenvalue weighted by atomic mass is 10.0. The van der Waals surface area contributed by atoms with Crippen molar-refractivity contribution in [3.63, 3.8) is 0 Å². The lowest BCUT2D eigenvalue weighted by Crippen LogP contribution is -2.22. The molecule has 0 radical (unpaired) electrons. The van der Waals surface area contributed by atoms with Crippen LogP contribution < -0.4 is 5.32 Å². The molecule has 0 aliphatic heterocycles. The fraction of sp³-hybridized carbons (Fsp3) is 0.667. The summed E-state index contributed by atoms with van der Waals surface area (Å²) in [5.74, 6) is -0.394. The molecule has 0 aliphatic carbocycles. The minimum absolute atomic E-state index is 0.348. The van der Waals surface area contributed by atoms with E-state index in [1.807, 2.05) is 13.8 Å². The third kappa shape index (κ3) is 3.83. The van der Waals surface area contributed by atoms with Gasteiger partial charge in [-0.1, -0.05) is 13.3 Å². The zero-order valence-corrected chi connectivity index (χ0v) is 9.67. The molecule has 0 fully saturated rings. The van der Waals surface area contributed by atoms with E-state index in [-0.39, 0.29) is 5.92 Å². The average Bonchev–Trinajstić information content (AvgIpc) is 2.58. The topological polar surface area (TPSA) is 75.1 Å². The van der Waals surface area contributed by atoms with E-state index in [1.54, 1.807) is 0 Å². The summed E-state index contributed by atoms with van der Waals surface area (Å²) in [7, 11) is 0. The molecule has 5 nitrogen and oxygen atoms in total. The third-order valence-corrected chi connectivity index (χ3v) is 2.78. The van der Waals surface area contributed by atoms with Gasteiger partial charge in [0.05, 0.1) is 5.92 Å². The van der Waals surface area contributed by atoms with Crippen molar-refractivity contribution in [3.8, 4) is 0 Å². The Labute approximate surface area is 92.7 Å². The molecule has 0 bridgehead atoms. The first-order chi connectivity index (χ1) is 7.13. The third-order valence-electron chi connectivity index (χ3n) is 2.01. The molecular weight excluding hydrogens is 214 g/mol. The molecule has 84 valence electrons. The van der Waals surface area contributed by atoms with E-state index in [1.165, 1.54) is 11.5 Å². The fourth-order valence-corrected chi connectivity index (χ4v) is 1.82. The van der Waals surface area contributed by atoms with E-state index in [0.717, 1.165) is 6.42 Å². The van der Waals surface area contributed by atoms with E-state index in [9.17, 15) is 4.79 Å². The minimum atomic E-state index is -0.759. The first-order valence-corrected chi connectivity index (χ1v) is 5.67. The second-order valence-electron chi connectivity index (χ2n) is 3.35. The van der Waals surface area contributed by atoms with Gasteiger partial charge in [0, 0.05) is 18.1 Å². The summed E-state index contributed by atoms with van der Waals surface area (Å²) in [5.41, 5.74) is 0. The number of carbonyl (C=O) groups is 1. The monoisotopic (exact) mass is 229 g/mol. The highest BCUT2D eigenvalue weighted by molar-refractivity contribution is 7.09. The second kappa shape index (κ2) is 5.65. The van der Waals surface area contributed by atoms with Crippen molar-refractivity contribution in [2.45, 2.75) is 26.7 Å². The van der Waals surface area contributed by atoms with Crippen molar-refractivity contribution in [3.05, 3.63) is 5.82 Å². The van der Waals surface area contributed by atoms with Crippen LogP contribution in [0.4, 0.5) is 5.13 Å². The maximum absolute atomic E-state index is 10.8. The van der Waals surface area contributed by atoms with Gasteiger partial charge in [-0.15, -0.1) is 0 Å². The Hall–Kier alpha value is -1.17. The van der Waals surface area contributed by atoms with Gasteiger partial charge >= 0.3 is 5.97 Å². The van der Waals surface area contributed by atoms with Crippen LogP contribution in [0.25, 0.3) is 0 Å². The first-order valence-electron chi connectivity index (χ1n) is 4.90. The number of aromatic nitrogens is 2. The molecule has 1 aromatic heterocycles. The van der Waals surface area contributed by atoms with Crippen LogP contribution >= 0.6 is 11.5 Å². The van der Waals surface area contributed by atoms with Gasteiger partial charge in [0.1, 0.15) is 5.82 Å². The summed E-state index contributed by atoms with van der Waals surface area (Å²) >= 11 is 1.26. The van der Waals surface area contributed by atoms with E-state index >= 15 is 0 Å². The highest BCUT2D eigenvalue weighted by Gasteiger charge is 2.16. The summed E-state index contributed by atoms with van der Waals surface area (Å²) in [6.45, 7) is 4.20. The average molecular weight is 229 g/mol. The second-order valence-corrected chi connectivity index (χ2v) is 4.10. The zero-order valence-electron chi connectivity index (χ0n) is 8.86. The van der Waals surface area contributed by atoms with Crippen LogP contribution in [0.5, 0.6) is 0 Å². The summed E-state index contributed by atoms with van der Waals surface area (Å²) in [4.78, 5) is 14.9. The van der Waals surface area contributed by atoms with Gasteiger partial charge in [0.15, 0.2) is 0 Å². The SMILES string of the molecule is CCCC(CNc1nc(C)ns1)C(=O)O. The molecule has 0 saturated heterocycles. The van der Waals surface area contributed by atoms with Gasteiger partial charge < -0.3 is 10.4 Å². The van der Waals surface area contributed by atoms with Gasteiger partial charge in [-0.2, -0.15) is 4.37 Å². The van der Waals surface area contributed by atoms with Crippen molar-refractivity contribution in [1.29, 1.82) is 0 Å². The number of rotatable bonds is 6. The summed E-state index contributed by atoms with van der Waals surface area (Å²) in [6.07, 6.45) is 1.55. The predicted molar refractivity (Wildman–Crippen MR) is 59.2 cm³/mol. The number of anilines is 1. The van der Waals surface area contributed by atoms with Gasteiger partial charge in [-0.3, -0.25) is 4.79 Å². The molecule has 0 amide bonds. The first kappa shape index (κ1) is 11.9. The molecule has 1 atom stereocenters. The molecule has 1 aromatic rings. The molecule has 2 N–H and O–H groups in total. The number of hydrogen-bond donors (Lipinski definition) is 2. The normalized spacial score (nSPS) is 12.4. The highest BCUT2D eigenvalue weighted by Crippen LogP contribution is 2.13. The van der Waals surface area contributed by atoms with Gasteiger partial charge in [-0.05, 0) is 13.3 Å². The molecular formula is C9H15N3O2S. The van der Waals surface area contributed by atoms with Gasteiger partial charge in [-0.25, -0.2) is 4.98 Å².